The summed E-state index contributed by atoms with van der Waals surface area (Å²) in [5, 5.41) is 11.9. The highest BCUT2D eigenvalue weighted by Crippen LogP contribution is 2.02. The maximum absolute atomic E-state index is 10.9. The Hall–Kier alpha value is -1.40. The van der Waals surface area contributed by atoms with E-state index in [-0.39, 0.29) is 18.1 Å². The lowest BCUT2D eigenvalue weighted by atomic mass is 10.3. The zero-order valence-electron chi connectivity index (χ0n) is 6.40. The summed E-state index contributed by atoms with van der Waals surface area (Å²) in [5.41, 5.74) is 2.13. The molecule has 0 radical (unpaired) electrons. The van der Waals surface area contributed by atoms with Crippen molar-refractivity contribution in [2.24, 2.45) is 0 Å². The molecule has 0 unspecified atom stereocenters. The molecule has 0 aliphatic heterocycles. The second-order valence-corrected chi connectivity index (χ2v) is 1.97. The zero-order chi connectivity index (χ0) is 8.97. The van der Waals surface area contributed by atoms with Crippen LogP contribution >= 0.6 is 0 Å². The van der Waals surface area contributed by atoms with E-state index >= 15 is 0 Å². The molecule has 0 fully saturated rings. The average Bonchev–Trinajstić information content (AvgIpc) is 2.52. The maximum Gasteiger partial charge on any atom is 0.296 e. The third-order valence-electron chi connectivity index (χ3n) is 1.14. The standard InChI is InChI=1S/C6H8N2O4/c1-11-8-6(10)5-2-4(3-9)12-7-5/h2,9H,3H2,1H3,(H,8,10). The molecule has 6 heteroatoms. The van der Waals surface area contributed by atoms with Crippen LogP contribution in [0.25, 0.3) is 0 Å². The molecule has 0 atom stereocenters. The van der Waals surface area contributed by atoms with Crippen LogP contribution in [-0.4, -0.2) is 23.3 Å². The van der Waals surface area contributed by atoms with E-state index in [1.165, 1.54) is 13.2 Å². The number of aliphatic hydroxyl groups excluding tert-OH is 1. The predicted molar refractivity (Wildman–Crippen MR) is 36.9 cm³/mol. The monoisotopic (exact) mass is 172 g/mol. The Morgan fingerprint density at radius 3 is 3.17 bits per heavy atom. The first-order valence-electron chi connectivity index (χ1n) is 3.17. The number of hydrogen-bond acceptors (Lipinski definition) is 5. The van der Waals surface area contributed by atoms with Crippen LogP contribution in [0, 0.1) is 0 Å². The number of hydrogen-bond donors (Lipinski definition) is 2. The van der Waals surface area contributed by atoms with Crippen molar-refractivity contribution in [3.63, 3.8) is 0 Å². The topological polar surface area (TPSA) is 84.6 Å². The predicted octanol–water partition coefficient (Wildman–Crippen LogP) is -0.542. The number of carbonyl (C=O) groups is 1. The van der Waals surface area contributed by atoms with Crippen LogP contribution in [-0.2, 0) is 11.4 Å². The summed E-state index contributed by atoms with van der Waals surface area (Å²) in [5.74, 6) is -0.280. The normalized spacial score (nSPS) is 9.83. The molecule has 0 saturated heterocycles. The van der Waals surface area contributed by atoms with E-state index in [9.17, 15) is 4.79 Å². The van der Waals surface area contributed by atoms with E-state index in [2.05, 4.69) is 20.0 Å². The fourth-order valence-corrected chi connectivity index (χ4v) is 0.639. The van der Waals surface area contributed by atoms with Crippen molar-refractivity contribution in [3.8, 4) is 0 Å². The molecule has 2 N–H and O–H groups in total. The molecule has 0 spiro atoms. The van der Waals surface area contributed by atoms with Crippen LogP contribution in [0.2, 0.25) is 0 Å². The van der Waals surface area contributed by atoms with Gasteiger partial charge >= 0.3 is 0 Å². The number of rotatable bonds is 3. The van der Waals surface area contributed by atoms with E-state index in [0.29, 0.717) is 0 Å². The molecule has 0 aliphatic carbocycles. The van der Waals surface area contributed by atoms with Crippen molar-refractivity contribution in [1.82, 2.24) is 10.6 Å². The Kier molecular flexibility index (Phi) is 2.78. The third-order valence-corrected chi connectivity index (χ3v) is 1.14. The lowest BCUT2D eigenvalue weighted by molar-refractivity contribution is 0.0528. The van der Waals surface area contributed by atoms with E-state index in [1.807, 2.05) is 0 Å². The molecule has 0 aliphatic rings. The van der Waals surface area contributed by atoms with Gasteiger partial charge in [0.2, 0.25) is 0 Å². The Labute approximate surface area is 68.1 Å². The Bertz CT molecular complexity index is 270. The Morgan fingerprint density at radius 1 is 1.92 bits per heavy atom. The first-order valence-corrected chi connectivity index (χ1v) is 3.17. The minimum atomic E-state index is -0.513. The summed E-state index contributed by atoms with van der Waals surface area (Å²) in [7, 11) is 1.31. The van der Waals surface area contributed by atoms with Gasteiger partial charge in [0.05, 0.1) is 7.11 Å². The minimum Gasteiger partial charge on any atom is -0.388 e. The largest absolute Gasteiger partial charge is 0.388 e. The van der Waals surface area contributed by atoms with Gasteiger partial charge in [0.1, 0.15) is 6.61 Å². The van der Waals surface area contributed by atoms with Crippen LogP contribution in [0.5, 0.6) is 0 Å². The number of nitrogens with one attached hydrogen (secondary N) is 1. The van der Waals surface area contributed by atoms with Crippen molar-refractivity contribution in [1.29, 1.82) is 0 Å². The summed E-state index contributed by atoms with van der Waals surface area (Å²) in [6, 6.07) is 1.33. The molecule has 1 heterocycles. The van der Waals surface area contributed by atoms with E-state index in [1.54, 1.807) is 0 Å². The Morgan fingerprint density at radius 2 is 2.67 bits per heavy atom. The number of amides is 1. The quantitative estimate of drug-likeness (QED) is 0.598. The van der Waals surface area contributed by atoms with Gasteiger partial charge < -0.3 is 9.63 Å². The fraction of sp³-hybridized carbons (Fsp3) is 0.333. The van der Waals surface area contributed by atoms with Crippen molar-refractivity contribution in [2.75, 3.05) is 7.11 Å². The fourth-order valence-electron chi connectivity index (χ4n) is 0.639. The molecule has 6 nitrogen and oxygen atoms in total. The SMILES string of the molecule is CONC(=O)c1cc(CO)on1. The lowest BCUT2D eigenvalue weighted by Gasteiger charge is -1.94. The van der Waals surface area contributed by atoms with Crippen LogP contribution in [0.4, 0.5) is 0 Å². The number of aliphatic hydroxyl groups is 1. The van der Waals surface area contributed by atoms with Gasteiger partial charge in [0.25, 0.3) is 5.91 Å². The van der Waals surface area contributed by atoms with Crippen molar-refractivity contribution >= 4 is 5.91 Å². The molecule has 66 valence electrons. The number of aromatic nitrogens is 1. The number of nitrogens with zero attached hydrogens (tertiary/aromatic N) is 1. The zero-order valence-corrected chi connectivity index (χ0v) is 6.40. The van der Waals surface area contributed by atoms with Crippen molar-refractivity contribution in [2.45, 2.75) is 6.61 Å². The Balaban J connectivity index is 2.68. The van der Waals surface area contributed by atoms with Gasteiger partial charge in [-0.05, 0) is 0 Å². The summed E-state index contributed by atoms with van der Waals surface area (Å²) in [4.78, 5) is 15.3. The summed E-state index contributed by atoms with van der Waals surface area (Å²) in [6.45, 7) is -0.284. The maximum atomic E-state index is 10.9. The number of carbonyl (C=O) groups excluding carboxylic acids is 1. The number of hydroxylamine groups is 1. The van der Waals surface area contributed by atoms with Crippen molar-refractivity contribution in [3.05, 3.63) is 17.5 Å². The van der Waals surface area contributed by atoms with Gasteiger partial charge in [-0.15, -0.1) is 0 Å². The second kappa shape index (κ2) is 3.84. The average molecular weight is 172 g/mol. The second-order valence-electron chi connectivity index (χ2n) is 1.97. The van der Waals surface area contributed by atoms with Gasteiger partial charge in [-0.25, -0.2) is 5.48 Å². The highest BCUT2D eigenvalue weighted by atomic mass is 16.6. The highest BCUT2D eigenvalue weighted by molar-refractivity contribution is 5.91. The molecular formula is C6H8N2O4. The van der Waals surface area contributed by atoms with Crippen LogP contribution in [0.3, 0.4) is 0 Å². The van der Waals surface area contributed by atoms with Crippen molar-refractivity contribution < 1.29 is 19.3 Å². The van der Waals surface area contributed by atoms with Gasteiger partial charge in [0.15, 0.2) is 11.5 Å². The molecular weight excluding hydrogens is 164 g/mol. The highest BCUT2D eigenvalue weighted by Gasteiger charge is 2.10. The molecule has 1 aromatic rings. The molecule has 0 bridgehead atoms. The first kappa shape index (κ1) is 8.69. The molecule has 0 aromatic carbocycles. The molecule has 12 heavy (non-hydrogen) atoms. The van der Waals surface area contributed by atoms with Gasteiger partial charge in [-0.2, -0.15) is 0 Å². The summed E-state index contributed by atoms with van der Waals surface area (Å²) >= 11 is 0. The first-order chi connectivity index (χ1) is 5.77. The van der Waals surface area contributed by atoms with E-state index in [0.717, 1.165) is 0 Å². The van der Waals surface area contributed by atoms with Crippen LogP contribution in [0.1, 0.15) is 16.2 Å². The minimum absolute atomic E-state index is 0.0703. The molecule has 1 aromatic heterocycles. The lowest BCUT2D eigenvalue weighted by Crippen LogP contribution is -2.21. The molecule has 1 rings (SSSR count). The van der Waals surface area contributed by atoms with E-state index < -0.39 is 5.91 Å². The smallest absolute Gasteiger partial charge is 0.296 e. The third kappa shape index (κ3) is 1.80. The van der Waals surface area contributed by atoms with Crippen LogP contribution < -0.4 is 5.48 Å². The molecule has 1 amide bonds. The van der Waals surface area contributed by atoms with E-state index in [4.69, 9.17) is 5.11 Å². The summed E-state index contributed by atoms with van der Waals surface area (Å²) < 4.78 is 4.56. The summed E-state index contributed by atoms with van der Waals surface area (Å²) in [6.07, 6.45) is 0. The van der Waals surface area contributed by atoms with Gasteiger partial charge in [-0.1, -0.05) is 5.16 Å². The van der Waals surface area contributed by atoms with Crippen LogP contribution in [0.15, 0.2) is 10.6 Å². The molecule has 0 saturated carbocycles. The van der Waals surface area contributed by atoms with Gasteiger partial charge in [0, 0.05) is 6.07 Å². The van der Waals surface area contributed by atoms with Gasteiger partial charge in [-0.3, -0.25) is 9.63 Å².